The number of carbonyl (C=O) groups excluding carboxylic acids is 1. The number of rotatable bonds is 1. The first-order valence-electron chi connectivity index (χ1n) is 6.04. The highest BCUT2D eigenvalue weighted by molar-refractivity contribution is 5.73. The van der Waals surface area contributed by atoms with E-state index in [4.69, 9.17) is 0 Å². The second-order valence-corrected chi connectivity index (χ2v) is 4.95. The number of nitrogens with one attached hydrogen (secondary N) is 1. The van der Waals surface area contributed by atoms with Crippen LogP contribution in [0.2, 0.25) is 0 Å². The predicted molar refractivity (Wildman–Crippen MR) is 56.9 cm³/mol. The lowest BCUT2D eigenvalue weighted by molar-refractivity contribution is -0.120. The van der Waals surface area contributed by atoms with Crippen molar-refractivity contribution in [3.8, 4) is 0 Å². The van der Waals surface area contributed by atoms with E-state index in [1.807, 2.05) is 0 Å². The number of hydrogen-bond donors (Lipinski definition) is 1. The van der Waals surface area contributed by atoms with Crippen molar-refractivity contribution in [3.05, 3.63) is 0 Å². The molecule has 2 heteroatoms. The Morgan fingerprint density at radius 1 is 1.07 bits per heavy atom. The Balaban J connectivity index is 1.97. The number of hydrogen-bond acceptors (Lipinski definition) is 1. The highest BCUT2D eigenvalue weighted by atomic mass is 16.1. The van der Waals surface area contributed by atoms with Gasteiger partial charge >= 0.3 is 0 Å². The monoisotopic (exact) mass is 195 g/mol. The van der Waals surface area contributed by atoms with Crippen LogP contribution in [0.25, 0.3) is 0 Å². The van der Waals surface area contributed by atoms with Gasteiger partial charge in [0.15, 0.2) is 0 Å². The first-order chi connectivity index (χ1) is 6.77. The van der Waals surface area contributed by atoms with Gasteiger partial charge in [-0.25, -0.2) is 0 Å². The minimum Gasteiger partial charge on any atom is -0.353 e. The van der Waals surface area contributed by atoms with Gasteiger partial charge in [0.25, 0.3) is 0 Å². The summed E-state index contributed by atoms with van der Waals surface area (Å²) in [6, 6.07) is 0.492. The fourth-order valence-electron chi connectivity index (χ4n) is 3.38. The quantitative estimate of drug-likeness (QED) is 0.684. The Morgan fingerprint density at radius 3 is 2.57 bits per heavy atom. The molecule has 0 aromatic heterocycles. The third-order valence-corrected chi connectivity index (χ3v) is 3.96. The van der Waals surface area contributed by atoms with E-state index in [1.165, 1.54) is 44.9 Å². The van der Waals surface area contributed by atoms with Crippen LogP contribution < -0.4 is 5.32 Å². The van der Waals surface area contributed by atoms with E-state index < -0.39 is 0 Å². The Labute approximate surface area is 86.5 Å². The minimum atomic E-state index is 0.154. The zero-order valence-electron chi connectivity index (χ0n) is 9.09. The fraction of sp³-hybridized carbons (Fsp3) is 0.917. The molecule has 2 aliphatic rings. The first kappa shape index (κ1) is 10.0. The van der Waals surface area contributed by atoms with Crippen molar-refractivity contribution in [1.82, 2.24) is 5.32 Å². The van der Waals surface area contributed by atoms with E-state index >= 15 is 0 Å². The van der Waals surface area contributed by atoms with Crippen molar-refractivity contribution < 1.29 is 4.79 Å². The summed E-state index contributed by atoms with van der Waals surface area (Å²) >= 11 is 0. The zero-order valence-corrected chi connectivity index (χ0v) is 9.09. The molecule has 3 unspecified atom stereocenters. The second kappa shape index (κ2) is 4.33. The van der Waals surface area contributed by atoms with Crippen LogP contribution in [0.1, 0.15) is 51.9 Å². The van der Waals surface area contributed by atoms with Gasteiger partial charge in [0.2, 0.25) is 5.91 Å². The molecular weight excluding hydrogens is 174 g/mol. The van der Waals surface area contributed by atoms with Crippen LogP contribution in [0.15, 0.2) is 0 Å². The Kier molecular flexibility index (Phi) is 3.09. The molecule has 1 N–H and O–H groups in total. The Hall–Kier alpha value is -0.530. The SMILES string of the molecule is CC(=O)NC1CCCC2CCCCC21. The maximum atomic E-state index is 11.1. The summed E-state index contributed by atoms with van der Waals surface area (Å²) in [5.41, 5.74) is 0. The first-order valence-corrected chi connectivity index (χ1v) is 6.04. The summed E-state index contributed by atoms with van der Waals surface area (Å²) in [6.45, 7) is 1.65. The number of fused-ring (bicyclic) bond motifs is 1. The standard InChI is InChI=1S/C12H21NO/c1-9(14)13-12-8-4-6-10-5-2-3-7-11(10)12/h10-12H,2-8H2,1H3,(H,13,14). The predicted octanol–water partition coefficient (Wildman–Crippen LogP) is 2.48. The molecule has 0 aliphatic heterocycles. The maximum Gasteiger partial charge on any atom is 0.217 e. The normalized spacial score (nSPS) is 37.4. The van der Waals surface area contributed by atoms with Crippen LogP contribution in [0.3, 0.4) is 0 Å². The molecule has 0 aromatic rings. The molecule has 2 nitrogen and oxygen atoms in total. The molecule has 2 fully saturated rings. The van der Waals surface area contributed by atoms with Gasteiger partial charge < -0.3 is 5.32 Å². The van der Waals surface area contributed by atoms with Gasteiger partial charge in [0.05, 0.1) is 0 Å². The molecule has 0 aromatic carbocycles. The molecule has 0 bridgehead atoms. The number of carbonyl (C=O) groups is 1. The van der Waals surface area contributed by atoms with Crippen LogP contribution in [0, 0.1) is 11.8 Å². The van der Waals surface area contributed by atoms with E-state index in [1.54, 1.807) is 6.92 Å². The molecule has 0 radical (unpaired) electrons. The van der Waals surface area contributed by atoms with Crippen molar-refractivity contribution in [2.75, 3.05) is 0 Å². The van der Waals surface area contributed by atoms with Gasteiger partial charge in [-0.2, -0.15) is 0 Å². The third kappa shape index (κ3) is 2.10. The summed E-state index contributed by atoms with van der Waals surface area (Å²) in [4.78, 5) is 11.1. The van der Waals surface area contributed by atoms with E-state index in [2.05, 4.69) is 5.32 Å². The lowest BCUT2D eigenvalue weighted by atomic mass is 9.68. The van der Waals surface area contributed by atoms with E-state index in [-0.39, 0.29) is 5.91 Å². The van der Waals surface area contributed by atoms with E-state index in [0.717, 1.165) is 11.8 Å². The summed E-state index contributed by atoms with van der Waals surface area (Å²) in [6.07, 6.45) is 9.45. The molecule has 2 aliphatic carbocycles. The average Bonchev–Trinajstić information content (AvgIpc) is 2.18. The molecule has 2 saturated carbocycles. The van der Waals surface area contributed by atoms with Gasteiger partial charge in [-0.15, -0.1) is 0 Å². The smallest absolute Gasteiger partial charge is 0.217 e. The van der Waals surface area contributed by atoms with Crippen LogP contribution in [-0.4, -0.2) is 11.9 Å². The highest BCUT2D eigenvalue weighted by Gasteiger charge is 2.34. The van der Waals surface area contributed by atoms with Crippen molar-refractivity contribution in [3.63, 3.8) is 0 Å². The minimum absolute atomic E-state index is 0.154. The van der Waals surface area contributed by atoms with E-state index in [0.29, 0.717) is 6.04 Å². The lowest BCUT2D eigenvalue weighted by Crippen LogP contribution is -2.45. The summed E-state index contributed by atoms with van der Waals surface area (Å²) < 4.78 is 0. The van der Waals surface area contributed by atoms with Crippen molar-refractivity contribution in [1.29, 1.82) is 0 Å². The topological polar surface area (TPSA) is 29.1 Å². The van der Waals surface area contributed by atoms with Crippen LogP contribution >= 0.6 is 0 Å². The molecule has 0 saturated heterocycles. The van der Waals surface area contributed by atoms with Crippen molar-refractivity contribution in [2.24, 2.45) is 11.8 Å². The van der Waals surface area contributed by atoms with Crippen LogP contribution in [0.5, 0.6) is 0 Å². The molecule has 1 amide bonds. The molecule has 0 spiro atoms. The molecular formula is C12H21NO. The second-order valence-electron chi connectivity index (χ2n) is 4.95. The highest BCUT2D eigenvalue weighted by Crippen LogP contribution is 2.40. The van der Waals surface area contributed by atoms with Gasteiger partial charge in [-0.3, -0.25) is 4.79 Å². The van der Waals surface area contributed by atoms with Crippen molar-refractivity contribution in [2.45, 2.75) is 57.9 Å². The van der Waals surface area contributed by atoms with E-state index in [9.17, 15) is 4.79 Å². The molecule has 2 rings (SSSR count). The zero-order chi connectivity index (χ0) is 9.97. The maximum absolute atomic E-state index is 11.1. The lowest BCUT2D eigenvalue weighted by Gasteiger charge is -2.41. The van der Waals surface area contributed by atoms with Crippen LogP contribution in [0.4, 0.5) is 0 Å². The summed E-state index contributed by atoms with van der Waals surface area (Å²) in [5.74, 6) is 1.86. The largest absolute Gasteiger partial charge is 0.353 e. The van der Waals surface area contributed by atoms with Crippen molar-refractivity contribution >= 4 is 5.91 Å². The summed E-state index contributed by atoms with van der Waals surface area (Å²) in [5, 5.41) is 3.14. The Bertz CT molecular complexity index is 212. The van der Waals surface area contributed by atoms with Gasteiger partial charge in [-0.1, -0.05) is 32.1 Å². The third-order valence-electron chi connectivity index (χ3n) is 3.96. The molecule has 0 heterocycles. The van der Waals surface area contributed by atoms with Gasteiger partial charge in [-0.05, 0) is 24.7 Å². The fourth-order valence-corrected chi connectivity index (χ4v) is 3.38. The van der Waals surface area contributed by atoms with Gasteiger partial charge in [0, 0.05) is 13.0 Å². The summed E-state index contributed by atoms with van der Waals surface area (Å²) in [7, 11) is 0. The van der Waals surface area contributed by atoms with Gasteiger partial charge in [0.1, 0.15) is 0 Å². The molecule has 80 valence electrons. The number of amides is 1. The molecule has 14 heavy (non-hydrogen) atoms. The van der Waals surface area contributed by atoms with Crippen LogP contribution in [-0.2, 0) is 4.79 Å². The Morgan fingerprint density at radius 2 is 1.79 bits per heavy atom. The molecule has 3 atom stereocenters. The average molecular weight is 195 g/mol.